The number of hydrogen-bond donors (Lipinski definition) is 2. The number of benzene rings is 1. The van der Waals surface area contributed by atoms with Crippen LogP contribution >= 0.6 is 0 Å². The molecular formula is C18H24N2O3. The maximum absolute atomic E-state index is 12.4. The van der Waals surface area contributed by atoms with Gasteiger partial charge in [-0.3, -0.25) is 9.59 Å². The molecule has 5 heteroatoms. The van der Waals surface area contributed by atoms with Crippen molar-refractivity contribution in [1.29, 1.82) is 0 Å². The standard InChI is InChI=1S/C18H24N2O3/c21-16-8-6-15(7-9-16)19-18(23)14-4-1-3-13(11-14)12-20-10-2-5-17(20)22/h1,3-4,11,15-16,21H,2,5-10,12H2,(H,19,23). The normalized spacial score (nSPS) is 24.7. The van der Waals surface area contributed by atoms with Crippen molar-refractivity contribution in [2.24, 2.45) is 0 Å². The van der Waals surface area contributed by atoms with Gasteiger partial charge in [0.25, 0.3) is 5.91 Å². The predicted octanol–water partition coefficient (Wildman–Crippen LogP) is 1.84. The van der Waals surface area contributed by atoms with Crippen molar-refractivity contribution in [1.82, 2.24) is 10.2 Å². The second kappa shape index (κ2) is 7.13. The van der Waals surface area contributed by atoms with Crippen molar-refractivity contribution in [3.05, 3.63) is 35.4 Å². The number of nitrogens with zero attached hydrogens (tertiary/aromatic N) is 1. The first-order valence-corrected chi connectivity index (χ1v) is 8.47. The molecule has 0 unspecified atom stereocenters. The van der Waals surface area contributed by atoms with Crippen molar-refractivity contribution >= 4 is 11.8 Å². The molecule has 1 saturated carbocycles. The molecule has 2 aliphatic rings. The number of carbonyl (C=O) groups excluding carboxylic acids is 2. The molecule has 23 heavy (non-hydrogen) atoms. The van der Waals surface area contributed by atoms with Crippen molar-refractivity contribution in [2.45, 2.75) is 57.2 Å². The number of aliphatic hydroxyl groups is 1. The summed E-state index contributed by atoms with van der Waals surface area (Å²) in [4.78, 5) is 26.0. The summed E-state index contributed by atoms with van der Waals surface area (Å²) in [5.74, 6) is 0.126. The molecule has 1 aromatic rings. The zero-order valence-electron chi connectivity index (χ0n) is 13.3. The molecule has 2 N–H and O–H groups in total. The van der Waals surface area contributed by atoms with Crippen LogP contribution in [0.5, 0.6) is 0 Å². The summed E-state index contributed by atoms with van der Waals surface area (Å²) in [5, 5.41) is 12.6. The van der Waals surface area contributed by atoms with Gasteiger partial charge in [-0.15, -0.1) is 0 Å². The van der Waals surface area contributed by atoms with E-state index in [1.165, 1.54) is 0 Å². The molecule has 1 aromatic carbocycles. The number of hydrogen-bond acceptors (Lipinski definition) is 3. The Hall–Kier alpha value is -1.88. The highest BCUT2D eigenvalue weighted by atomic mass is 16.3. The molecule has 1 heterocycles. The Morgan fingerprint density at radius 2 is 2.04 bits per heavy atom. The Morgan fingerprint density at radius 3 is 2.74 bits per heavy atom. The summed E-state index contributed by atoms with van der Waals surface area (Å²) in [7, 11) is 0. The van der Waals surface area contributed by atoms with Crippen LogP contribution in [0.25, 0.3) is 0 Å². The van der Waals surface area contributed by atoms with Gasteiger partial charge in [0.15, 0.2) is 0 Å². The molecule has 0 bridgehead atoms. The monoisotopic (exact) mass is 316 g/mol. The van der Waals surface area contributed by atoms with E-state index in [1.54, 1.807) is 0 Å². The van der Waals surface area contributed by atoms with Crippen molar-refractivity contribution in [2.75, 3.05) is 6.54 Å². The van der Waals surface area contributed by atoms with E-state index in [-0.39, 0.29) is 24.0 Å². The molecule has 5 nitrogen and oxygen atoms in total. The van der Waals surface area contributed by atoms with E-state index in [1.807, 2.05) is 29.2 Å². The Bertz CT molecular complexity index is 579. The van der Waals surface area contributed by atoms with Crippen molar-refractivity contribution in [3.63, 3.8) is 0 Å². The lowest BCUT2D eigenvalue weighted by Crippen LogP contribution is -2.38. The zero-order valence-corrected chi connectivity index (χ0v) is 13.3. The highest BCUT2D eigenvalue weighted by Gasteiger charge is 2.22. The van der Waals surface area contributed by atoms with Crippen molar-refractivity contribution in [3.8, 4) is 0 Å². The molecule has 3 rings (SSSR count). The van der Waals surface area contributed by atoms with E-state index >= 15 is 0 Å². The zero-order chi connectivity index (χ0) is 16.2. The average molecular weight is 316 g/mol. The average Bonchev–Trinajstić information content (AvgIpc) is 2.95. The summed E-state index contributed by atoms with van der Waals surface area (Å²) in [6, 6.07) is 7.66. The number of rotatable bonds is 4. The number of likely N-dealkylation sites (tertiary alicyclic amines) is 1. The predicted molar refractivity (Wildman–Crippen MR) is 86.8 cm³/mol. The van der Waals surface area contributed by atoms with Crippen LogP contribution in [0.15, 0.2) is 24.3 Å². The fourth-order valence-electron chi connectivity index (χ4n) is 3.39. The Kier molecular flexibility index (Phi) is 4.96. The highest BCUT2D eigenvalue weighted by Crippen LogP contribution is 2.19. The first-order valence-electron chi connectivity index (χ1n) is 8.47. The van der Waals surface area contributed by atoms with Crippen LogP contribution in [-0.2, 0) is 11.3 Å². The minimum atomic E-state index is -0.218. The van der Waals surface area contributed by atoms with Crippen LogP contribution in [0.2, 0.25) is 0 Å². The Balaban J connectivity index is 1.60. The molecule has 1 saturated heterocycles. The van der Waals surface area contributed by atoms with Crippen molar-refractivity contribution < 1.29 is 14.7 Å². The van der Waals surface area contributed by atoms with Gasteiger partial charge in [-0.2, -0.15) is 0 Å². The van der Waals surface area contributed by atoms with Crippen LogP contribution in [0.4, 0.5) is 0 Å². The van der Waals surface area contributed by atoms with E-state index < -0.39 is 0 Å². The lowest BCUT2D eigenvalue weighted by atomic mass is 9.93. The summed E-state index contributed by atoms with van der Waals surface area (Å²) >= 11 is 0. The van der Waals surface area contributed by atoms with Gasteiger partial charge in [-0.1, -0.05) is 12.1 Å². The summed E-state index contributed by atoms with van der Waals surface area (Å²) in [6.07, 6.45) is 4.50. The van der Waals surface area contributed by atoms with E-state index in [2.05, 4.69) is 5.32 Å². The third kappa shape index (κ3) is 4.10. The van der Waals surface area contributed by atoms with Crippen LogP contribution in [0, 0.1) is 0 Å². The second-order valence-corrected chi connectivity index (χ2v) is 6.60. The fourth-order valence-corrected chi connectivity index (χ4v) is 3.39. The molecule has 2 fully saturated rings. The number of aliphatic hydroxyl groups excluding tert-OH is 1. The first-order chi connectivity index (χ1) is 11.1. The third-order valence-corrected chi connectivity index (χ3v) is 4.77. The molecule has 1 aliphatic carbocycles. The topological polar surface area (TPSA) is 69.6 Å². The van der Waals surface area contributed by atoms with Gasteiger partial charge >= 0.3 is 0 Å². The van der Waals surface area contributed by atoms with Gasteiger partial charge in [0.1, 0.15) is 0 Å². The number of amides is 2. The lowest BCUT2D eigenvalue weighted by molar-refractivity contribution is -0.128. The second-order valence-electron chi connectivity index (χ2n) is 6.60. The van der Waals surface area contributed by atoms with Gasteiger partial charge in [0.2, 0.25) is 5.91 Å². The number of carbonyl (C=O) groups is 2. The van der Waals surface area contributed by atoms with E-state index in [9.17, 15) is 14.7 Å². The van der Waals surface area contributed by atoms with Gasteiger partial charge in [-0.25, -0.2) is 0 Å². The smallest absolute Gasteiger partial charge is 0.251 e. The van der Waals surface area contributed by atoms with Gasteiger partial charge in [0.05, 0.1) is 6.10 Å². The van der Waals surface area contributed by atoms with Crippen LogP contribution in [0.3, 0.4) is 0 Å². The van der Waals surface area contributed by atoms with Crippen LogP contribution < -0.4 is 5.32 Å². The minimum absolute atomic E-state index is 0.0685. The number of nitrogens with one attached hydrogen (secondary N) is 1. The fraction of sp³-hybridized carbons (Fsp3) is 0.556. The summed E-state index contributed by atoms with van der Waals surface area (Å²) in [6.45, 7) is 1.38. The van der Waals surface area contributed by atoms with Gasteiger partial charge in [0, 0.05) is 31.1 Å². The van der Waals surface area contributed by atoms with Gasteiger partial charge < -0.3 is 15.3 Å². The highest BCUT2D eigenvalue weighted by molar-refractivity contribution is 5.94. The SMILES string of the molecule is O=C(NC1CCC(O)CC1)c1cccc(CN2CCCC2=O)c1. The first kappa shape index (κ1) is 16.0. The molecule has 2 amide bonds. The Labute approximate surface area is 136 Å². The van der Waals surface area contributed by atoms with E-state index in [4.69, 9.17) is 0 Å². The maximum atomic E-state index is 12.4. The molecule has 0 spiro atoms. The Morgan fingerprint density at radius 1 is 1.26 bits per heavy atom. The third-order valence-electron chi connectivity index (χ3n) is 4.77. The molecule has 0 radical (unpaired) electrons. The van der Waals surface area contributed by atoms with E-state index in [0.717, 1.165) is 44.2 Å². The summed E-state index contributed by atoms with van der Waals surface area (Å²) < 4.78 is 0. The molecule has 0 atom stereocenters. The molecule has 124 valence electrons. The molecule has 0 aromatic heterocycles. The maximum Gasteiger partial charge on any atom is 0.251 e. The molecule has 1 aliphatic heterocycles. The summed E-state index contributed by atoms with van der Waals surface area (Å²) in [5.41, 5.74) is 1.63. The molecular weight excluding hydrogens is 292 g/mol. The lowest BCUT2D eigenvalue weighted by Gasteiger charge is -2.26. The quantitative estimate of drug-likeness (QED) is 0.890. The van der Waals surface area contributed by atoms with Gasteiger partial charge in [-0.05, 0) is 49.8 Å². The minimum Gasteiger partial charge on any atom is -0.393 e. The van der Waals surface area contributed by atoms with Crippen LogP contribution in [-0.4, -0.2) is 40.5 Å². The van der Waals surface area contributed by atoms with Crippen LogP contribution in [0.1, 0.15) is 54.4 Å². The largest absolute Gasteiger partial charge is 0.393 e. The van der Waals surface area contributed by atoms with E-state index in [0.29, 0.717) is 18.5 Å².